The molecule has 1 aliphatic heterocycles. The summed E-state index contributed by atoms with van der Waals surface area (Å²) in [5, 5.41) is 5.83. The second-order valence-corrected chi connectivity index (χ2v) is 8.58. The predicted molar refractivity (Wildman–Crippen MR) is 98.8 cm³/mol. The van der Waals surface area contributed by atoms with Gasteiger partial charge in [-0.15, -0.1) is 0 Å². The van der Waals surface area contributed by atoms with E-state index in [1.54, 1.807) is 12.1 Å². The molecule has 138 valence electrons. The Morgan fingerprint density at radius 1 is 1.00 bits per heavy atom. The van der Waals surface area contributed by atoms with E-state index in [1.807, 2.05) is 30.3 Å². The molecule has 2 aromatic rings. The molecule has 0 aromatic heterocycles. The molecule has 1 aliphatic rings. The molecule has 1 amide bonds. The van der Waals surface area contributed by atoms with E-state index in [4.69, 9.17) is 4.74 Å². The highest BCUT2D eigenvalue weighted by molar-refractivity contribution is 7.92. The van der Waals surface area contributed by atoms with Crippen molar-refractivity contribution < 1.29 is 17.9 Å². The van der Waals surface area contributed by atoms with E-state index in [-0.39, 0.29) is 10.8 Å². The van der Waals surface area contributed by atoms with Gasteiger partial charge < -0.3 is 15.4 Å². The molecule has 0 radical (unpaired) electrons. The van der Waals surface area contributed by atoms with E-state index in [9.17, 15) is 13.2 Å². The highest BCUT2D eigenvalue weighted by atomic mass is 32.2. The number of benzene rings is 2. The van der Waals surface area contributed by atoms with Gasteiger partial charge in [0.25, 0.3) is 0 Å². The van der Waals surface area contributed by atoms with E-state index in [0.717, 1.165) is 0 Å². The van der Waals surface area contributed by atoms with Gasteiger partial charge in [-0.25, -0.2) is 8.42 Å². The maximum absolute atomic E-state index is 13.2. The van der Waals surface area contributed by atoms with Gasteiger partial charge in [-0.05, 0) is 62.3 Å². The Bertz CT molecular complexity index is 858. The molecule has 26 heavy (non-hydrogen) atoms. The summed E-state index contributed by atoms with van der Waals surface area (Å²) in [6.45, 7) is 2.42. The molecule has 7 heteroatoms. The van der Waals surface area contributed by atoms with Gasteiger partial charge in [0.2, 0.25) is 15.7 Å². The van der Waals surface area contributed by atoms with E-state index < -0.39 is 14.7 Å². The van der Waals surface area contributed by atoms with Crippen LogP contribution in [0.4, 0.5) is 0 Å². The molecule has 0 spiro atoms. The maximum Gasteiger partial charge on any atom is 0.218 e. The van der Waals surface area contributed by atoms with Gasteiger partial charge >= 0.3 is 0 Å². The van der Waals surface area contributed by atoms with Crippen LogP contribution in [0.25, 0.3) is 0 Å². The molecule has 6 nitrogen and oxygen atoms in total. The molecule has 0 aliphatic carbocycles. The minimum Gasteiger partial charge on any atom is -0.457 e. The number of piperidine rings is 1. The Hall–Kier alpha value is -2.38. The van der Waals surface area contributed by atoms with E-state index in [1.165, 1.54) is 19.1 Å². The minimum atomic E-state index is -3.74. The van der Waals surface area contributed by atoms with Crippen LogP contribution in [0.3, 0.4) is 0 Å². The van der Waals surface area contributed by atoms with Gasteiger partial charge in [-0.3, -0.25) is 4.79 Å². The first-order chi connectivity index (χ1) is 12.4. The van der Waals surface area contributed by atoms with Crippen molar-refractivity contribution in [3.05, 3.63) is 54.6 Å². The summed E-state index contributed by atoms with van der Waals surface area (Å²) >= 11 is 0. The zero-order chi connectivity index (χ0) is 18.6. The average molecular weight is 374 g/mol. The number of hydrogen-bond acceptors (Lipinski definition) is 5. The standard InChI is InChI=1S/C19H22N2O4S/c1-15(22)21-19(11-13-20-14-12-19)26(23,24)18-9-7-17(8-10-18)25-16-5-3-2-4-6-16/h2-10,20H,11-14H2,1H3,(H,21,22). The van der Waals surface area contributed by atoms with Crippen LogP contribution >= 0.6 is 0 Å². The summed E-state index contributed by atoms with van der Waals surface area (Å²) in [6, 6.07) is 15.6. The lowest BCUT2D eigenvalue weighted by Gasteiger charge is -2.37. The summed E-state index contributed by atoms with van der Waals surface area (Å²) in [4.78, 5) is 10.5. The lowest BCUT2D eigenvalue weighted by atomic mass is 10.1. The van der Waals surface area contributed by atoms with Gasteiger partial charge in [-0.1, -0.05) is 18.2 Å². The number of hydrogen-bond donors (Lipinski definition) is 2. The maximum atomic E-state index is 13.2. The van der Waals surface area contributed by atoms with Crippen molar-refractivity contribution in [1.82, 2.24) is 10.6 Å². The number of nitrogens with one attached hydrogen (secondary N) is 2. The third-order valence-corrected chi connectivity index (χ3v) is 6.87. The summed E-state index contributed by atoms with van der Waals surface area (Å²) < 4.78 is 32.2. The van der Waals surface area contributed by atoms with E-state index in [0.29, 0.717) is 37.4 Å². The van der Waals surface area contributed by atoms with Crippen LogP contribution in [0.5, 0.6) is 11.5 Å². The van der Waals surface area contributed by atoms with Crippen LogP contribution in [0.15, 0.2) is 59.5 Å². The van der Waals surface area contributed by atoms with E-state index >= 15 is 0 Å². The molecule has 1 fully saturated rings. The third-order valence-electron chi connectivity index (χ3n) is 4.44. The quantitative estimate of drug-likeness (QED) is 0.840. The highest BCUT2D eigenvalue weighted by Crippen LogP contribution is 2.32. The van der Waals surface area contributed by atoms with Crippen molar-refractivity contribution in [3.63, 3.8) is 0 Å². The van der Waals surface area contributed by atoms with Crippen molar-refractivity contribution in [2.45, 2.75) is 29.5 Å². The fraction of sp³-hybridized carbons (Fsp3) is 0.316. The Labute approximate surface area is 153 Å². The fourth-order valence-corrected chi connectivity index (χ4v) is 5.11. The second-order valence-electron chi connectivity index (χ2n) is 6.32. The average Bonchev–Trinajstić information content (AvgIpc) is 2.63. The summed E-state index contributed by atoms with van der Waals surface area (Å²) in [7, 11) is -3.74. The highest BCUT2D eigenvalue weighted by Gasteiger charge is 2.46. The number of carbonyl (C=O) groups excluding carboxylic acids is 1. The van der Waals surface area contributed by atoms with Gasteiger partial charge in [0.05, 0.1) is 4.90 Å². The molecule has 1 heterocycles. The van der Waals surface area contributed by atoms with Crippen LogP contribution in [-0.2, 0) is 14.6 Å². The lowest BCUT2D eigenvalue weighted by Crippen LogP contribution is -2.58. The lowest BCUT2D eigenvalue weighted by molar-refractivity contribution is -0.120. The first-order valence-electron chi connectivity index (χ1n) is 8.50. The number of rotatable bonds is 5. The normalized spacial score (nSPS) is 16.7. The van der Waals surface area contributed by atoms with Crippen LogP contribution in [0.1, 0.15) is 19.8 Å². The van der Waals surface area contributed by atoms with Gasteiger partial charge in [-0.2, -0.15) is 0 Å². The summed E-state index contributed by atoms with van der Waals surface area (Å²) in [5.41, 5.74) is 0. The van der Waals surface area contributed by atoms with E-state index in [2.05, 4.69) is 10.6 Å². The zero-order valence-electron chi connectivity index (χ0n) is 14.6. The first kappa shape index (κ1) is 18.4. The molecular formula is C19H22N2O4S. The number of para-hydroxylation sites is 1. The zero-order valence-corrected chi connectivity index (χ0v) is 15.4. The Morgan fingerprint density at radius 3 is 2.15 bits per heavy atom. The van der Waals surface area contributed by atoms with Crippen molar-refractivity contribution >= 4 is 15.7 Å². The molecule has 3 rings (SSSR count). The number of amides is 1. The minimum absolute atomic E-state index is 0.175. The van der Waals surface area contributed by atoms with Crippen LogP contribution in [0, 0.1) is 0 Å². The van der Waals surface area contributed by atoms with Gasteiger partial charge in [0.1, 0.15) is 16.4 Å². The van der Waals surface area contributed by atoms with Crippen LogP contribution < -0.4 is 15.4 Å². The summed E-state index contributed by atoms with van der Waals surface area (Å²) in [5.74, 6) is 0.879. The number of carbonyl (C=O) groups is 1. The van der Waals surface area contributed by atoms with Gasteiger partial charge in [0, 0.05) is 6.92 Å². The van der Waals surface area contributed by atoms with Crippen molar-refractivity contribution in [1.29, 1.82) is 0 Å². The predicted octanol–water partition coefficient (Wildman–Crippen LogP) is 2.47. The Balaban J connectivity index is 1.87. The molecule has 0 atom stereocenters. The van der Waals surface area contributed by atoms with Crippen LogP contribution in [-0.4, -0.2) is 32.3 Å². The number of sulfone groups is 1. The summed E-state index contributed by atoms with van der Waals surface area (Å²) in [6.07, 6.45) is 0.661. The topological polar surface area (TPSA) is 84.5 Å². The smallest absolute Gasteiger partial charge is 0.218 e. The Morgan fingerprint density at radius 2 is 1.58 bits per heavy atom. The van der Waals surface area contributed by atoms with Crippen LogP contribution in [0.2, 0.25) is 0 Å². The molecule has 2 N–H and O–H groups in total. The second kappa shape index (κ2) is 7.47. The largest absolute Gasteiger partial charge is 0.457 e. The molecule has 1 saturated heterocycles. The Kier molecular flexibility index (Phi) is 5.29. The SMILES string of the molecule is CC(=O)NC1(S(=O)(=O)c2ccc(Oc3ccccc3)cc2)CCNCC1. The molecule has 0 saturated carbocycles. The number of ether oxygens (including phenoxy) is 1. The monoisotopic (exact) mass is 374 g/mol. The fourth-order valence-electron chi connectivity index (χ4n) is 3.15. The van der Waals surface area contributed by atoms with Crippen molar-refractivity contribution in [2.75, 3.05) is 13.1 Å². The molecule has 2 aromatic carbocycles. The first-order valence-corrected chi connectivity index (χ1v) is 9.98. The molecular weight excluding hydrogens is 352 g/mol. The van der Waals surface area contributed by atoms with Gasteiger partial charge in [0.15, 0.2) is 0 Å². The van der Waals surface area contributed by atoms with Crippen molar-refractivity contribution in [3.8, 4) is 11.5 Å². The third kappa shape index (κ3) is 3.73. The van der Waals surface area contributed by atoms with Crippen molar-refractivity contribution in [2.24, 2.45) is 0 Å². The molecule has 0 unspecified atom stereocenters. The molecule has 0 bridgehead atoms.